The lowest BCUT2D eigenvalue weighted by Crippen LogP contribution is -2.27. The first-order valence-corrected chi connectivity index (χ1v) is 7.13. The van der Waals surface area contributed by atoms with Gasteiger partial charge in [-0.25, -0.2) is 0 Å². The Morgan fingerprint density at radius 1 is 1.00 bits per heavy atom. The second-order valence-electron chi connectivity index (χ2n) is 5.66. The van der Waals surface area contributed by atoms with Crippen molar-refractivity contribution in [2.24, 2.45) is 11.8 Å². The summed E-state index contributed by atoms with van der Waals surface area (Å²) in [7, 11) is 2.13. The van der Waals surface area contributed by atoms with E-state index in [0.717, 1.165) is 31.1 Å². The first-order valence-electron chi connectivity index (χ1n) is 7.13. The summed E-state index contributed by atoms with van der Waals surface area (Å²) in [6, 6.07) is 0.785. The zero-order chi connectivity index (χ0) is 11.2. The third-order valence-corrected chi connectivity index (χ3v) is 4.45. The zero-order valence-electron chi connectivity index (χ0n) is 10.7. The lowest BCUT2D eigenvalue weighted by Gasteiger charge is -2.27. The van der Waals surface area contributed by atoms with Crippen LogP contribution in [-0.4, -0.2) is 26.3 Å². The fourth-order valence-corrected chi connectivity index (χ4v) is 3.39. The van der Waals surface area contributed by atoms with Crippen LogP contribution in [0, 0.1) is 11.8 Å². The Hall–Kier alpha value is -0.0800. The van der Waals surface area contributed by atoms with Gasteiger partial charge in [0.15, 0.2) is 0 Å². The topological polar surface area (TPSA) is 21.3 Å². The molecule has 2 atom stereocenters. The van der Waals surface area contributed by atoms with Crippen LogP contribution in [0.15, 0.2) is 0 Å². The zero-order valence-corrected chi connectivity index (χ0v) is 10.7. The third-order valence-electron chi connectivity index (χ3n) is 4.45. The Morgan fingerprint density at radius 3 is 2.50 bits per heavy atom. The van der Waals surface area contributed by atoms with Crippen LogP contribution in [0.1, 0.15) is 51.4 Å². The van der Waals surface area contributed by atoms with Crippen LogP contribution in [-0.2, 0) is 4.74 Å². The first kappa shape index (κ1) is 12.4. The van der Waals surface area contributed by atoms with Crippen molar-refractivity contribution in [2.45, 2.75) is 57.4 Å². The molecular formula is C14H27NO. The maximum atomic E-state index is 5.44. The molecule has 2 rings (SSSR count). The van der Waals surface area contributed by atoms with Crippen LogP contribution in [0.3, 0.4) is 0 Å². The molecule has 2 fully saturated rings. The van der Waals surface area contributed by atoms with Crippen molar-refractivity contribution >= 4 is 0 Å². The van der Waals surface area contributed by atoms with Gasteiger partial charge in [-0.2, -0.15) is 0 Å². The Balaban J connectivity index is 1.77. The van der Waals surface area contributed by atoms with E-state index in [1.165, 1.54) is 51.4 Å². The minimum atomic E-state index is 0.785. The standard InChI is InChI=1S/C14H27NO/c1-15-14-5-3-2-4-13(11-14)10-12-6-8-16-9-7-12/h12-15H,2-11H2,1H3. The molecular weight excluding hydrogens is 198 g/mol. The summed E-state index contributed by atoms with van der Waals surface area (Å²) in [5, 5.41) is 3.49. The van der Waals surface area contributed by atoms with Crippen molar-refractivity contribution in [1.82, 2.24) is 5.32 Å². The third kappa shape index (κ3) is 3.74. The van der Waals surface area contributed by atoms with E-state index in [2.05, 4.69) is 12.4 Å². The highest BCUT2D eigenvalue weighted by molar-refractivity contribution is 4.77. The van der Waals surface area contributed by atoms with E-state index in [-0.39, 0.29) is 0 Å². The molecule has 2 aliphatic rings. The molecule has 0 aromatic heterocycles. The molecule has 0 radical (unpaired) electrons. The normalized spacial score (nSPS) is 33.6. The highest BCUT2D eigenvalue weighted by Crippen LogP contribution is 2.31. The summed E-state index contributed by atoms with van der Waals surface area (Å²) in [4.78, 5) is 0. The van der Waals surface area contributed by atoms with Gasteiger partial charge in [0.2, 0.25) is 0 Å². The summed E-state index contributed by atoms with van der Waals surface area (Å²) >= 11 is 0. The molecule has 16 heavy (non-hydrogen) atoms. The van der Waals surface area contributed by atoms with Crippen molar-refractivity contribution in [3.05, 3.63) is 0 Å². The highest BCUT2D eigenvalue weighted by Gasteiger charge is 2.23. The van der Waals surface area contributed by atoms with Gasteiger partial charge in [0, 0.05) is 19.3 Å². The van der Waals surface area contributed by atoms with Crippen LogP contribution >= 0.6 is 0 Å². The molecule has 1 aliphatic carbocycles. The van der Waals surface area contributed by atoms with Gasteiger partial charge in [0.25, 0.3) is 0 Å². The fourth-order valence-electron chi connectivity index (χ4n) is 3.39. The molecule has 0 aromatic rings. The van der Waals surface area contributed by atoms with Crippen LogP contribution in [0.4, 0.5) is 0 Å². The summed E-state index contributed by atoms with van der Waals surface area (Å²) < 4.78 is 5.44. The van der Waals surface area contributed by atoms with Crippen molar-refractivity contribution < 1.29 is 4.74 Å². The van der Waals surface area contributed by atoms with Gasteiger partial charge in [-0.15, -0.1) is 0 Å². The number of rotatable bonds is 3. The molecule has 1 aliphatic heterocycles. The Labute approximate surface area is 100 Å². The second-order valence-corrected chi connectivity index (χ2v) is 5.66. The van der Waals surface area contributed by atoms with E-state index in [1.807, 2.05) is 0 Å². The van der Waals surface area contributed by atoms with E-state index < -0.39 is 0 Å². The number of ether oxygens (including phenoxy) is 1. The average molecular weight is 225 g/mol. The van der Waals surface area contributed by atoms with E-state index >= 15 is 0 Å². The minimum absolute atomic E-state index is 0.785. The van der Waals surface area contributed by atoms with Crippen molar-refractivity contribution in [2.75, 3.05) is 20.3 Å². The van der Waals surface area contributed by atoms with Crippen LogP contribution in [0.25, 0.3) is 0 Å². The highest BCUT2D eigenvalue weighted by atomic mass is 16.5. The van der Waals surface area contributed by atoms with E-state index in [0.29, 0.717) is 0 Å². The SMILES string of the molecule is CNC1CCCCC(CC2CCOCC2)C1. The van der Waals surface area contributed by atoms with Gasteiger partial charge >= 0.3 is 0 Å². The summed E-state index contributed by atoms with van der Waals surface area (Å²) in [6.07, 6.45) is 11.2. The number of hydrogen-bond donors (Lipinski definition) is 1. The van der Waals surface area contributed by atoms with Gasteiger partial charge in [-0.3, -0.25) is 0 Å². The molecule has 0 aromatic carbocycles. The molecule has 94 valence electrons. The van der Waals surface area contributed by atoms with Crippen molar-refractivity contribution in [3.63, 3.8) is 0 Å². The van der Waals surface area contributed by atoms with Crippen LogP contribution in [0.2, 0.25) is 0 Å². The van der Waals surface area contributed by atoms with Gasteiger partial charge in [-0.1, -0.05) is 19.3 Å². The largest absolute Gasteiger partial charge is 0.381 e. The maximum absolute atomic E-state index is 5.44. The van der Waals surface area contributed by atoms with Crippen molar-refractivity contribution in [3.8, 4) is 0 Å². The predicted molar refractivity (Wildman–Crippen MR) is 67.6 cm³/mol. The lowest BCUT2D eigenvalue weighted by molar-refractivity contribution is 0.0573. The maximum Gasteiger partial charge on any atom is 0.0468 e. The molecule has 0 amide bonds. The summed E-state index contributed by atoms with van der Waals surface area (Å²) in [5.41, 5.74) is 0. The Kier molecular flexibility index (Phi) is 5.11. The number of hydrogen-bond acceptors (Lipinski definition) is 2. The fraction of sp³-hybridized carbons (Fsp3) is 1.00. The van der Waals surface area contributed by atoms with Crippen LogP contribution in [0.5, 0.6) is 0 Å². The van der Waals surface area contributed by atoms with E-state index in [1.54, 1.807) is 0 Å². The quantitative estimate of drug-likeness (QED) is 0.746. The summed E-state index contributed by atoms with van der Waals surface area (Å²) in [5.74, 6) is 1.93. The molecule has 2 nitrogen and oxygen atoms in total. The number of nitrogens with one attached hydrogen (secondary N) is 1. The molecule has 1 N–H and O–H groups in total. The van der Waals surface area contributed by atoms with E-state index in [4.69, 9.17) is 4.74 Å². The lowest BCUT2D eigenvalue weighted by atomic mass is 9.84. The first-order chi connectivity index (χ1) is 7.88. The van der Waals surface area contributed by atoms with E-state index in [9.17, 15) is 0 Å². The van der Waals surface area contributed by atoms with Crippen molar-refractivity contribution in [1.29, 1.82) is 0 Å². The van der Waals surface area contributed by atoms with Gasteiger partial charge < -0.3 is 10.1 Å². The molecule has 0 bridgehead atoms. The smallest absolute Gasteiger partial charge is 0.0468 e. The van der Waals surface area contributed by atoms with Gasteiger partial charge in [0.1, 0.15) is 0 Å². The Bertz CT molecular complexity index is 189. The molecule has 0 spiro atoms. The van der Waals surface area contributed by atoms with Gasteiger partial charge in [-0.05, 0) is 51.0 Å². The second kappa shape index (κ2) is 6.61. The average Bonchev–Trinajstić information content (AvgIpc) is 2.55. The molecule has 1 heterocycles. The molecule has 2 unspecified atom stereocenters. The van der Waals surface area contributed by atoms with Crippen LogP contribution < -0.4 is 5.32 Å². The summed E-state index contributed by atoms with van der Waals surface area (Å²) in [6.45, 7) is 2.01. The molecule has 2 heteroatoms. The monoisotopic (exact) mass is 225 g/mol. The Morgan fingerprint density at radius 2 is 1.75 bits per heavy atom. The predicted octanol–water partition coefficient (Wildman–Crippen LogP) is 2.97. The molecule has 1 saturated heterocycles. The van der Waals surface area contributed by atoms with Gasteiger partial charge in [0.05, 0.1) is 0 Å². The molecule has 1 saturated carbocycles. The minimum Gasteiger partial charge on any atom is -0.381 e.